The molecule has 0 aliphatic carbocycles. The van der Waals surface area contributed by atoms with Crippen LogP contribution in [0.2, 0.25) is 0 Å². The van der Waals surface area contributed by atoms with Crippen molar-refractivity contribution in [2.75, 3.05) is 28.2 Å². The quantitative estimate of drug-likeness (QED) is 0.681. The first-order valence-corrected chi connectivity index (χ1v) is 5.10. The second kappa shape index (κ2) is 3.66. The molecule has 0 fully saturated rings. The SMILES string of the molecule is CN1C=CN(C)C1NC1N(C)C=CN1C. The number of nitrogens with zero attached hydrogens (tertiary/aromatic N) is 4. The van der Waals surface area contributed by atoms with Gasteiger partial charge in [0.15, 0.2) is 12.6 Å². The van der Waals surface area contributed by atoms with Gasteiger partial charge in [-0.2, -0.15) is 0 Å². The first kappa shape index (κ1) is 10.2. The zero-order valence-electron chi connectivity index (χ0n) is 9.75. The molecular weight excluding hydrogens is 190 g/mol. The summed E-state index contributed by atoms with van der Waals surface area (Å²) in [6, 6.07) is 0. The topological polar surface area (TPSA) is 25.0 Å². The smallest absolute Gasteiger partial charge is 0.159 e. The van der Waals surface area contributed by atoms with Crippen molar-refractivity contribution >= 4 is 0 Å². The molecule has 0 aromatic carbocycles. The summed E-state index contributed by atoms with van der Waals surface area (Å²) in [5, 5.41) is 3.56. The molecule has 2 heterocycles. The summed E-state index contributed by atoms with van der Waals surface area (Å²) in [6.45, 7) is 0. The van der Waals surface area contributed by atoms with E-state index in [9.17, 15) is 0 Å². The van der Waals surface area contributed by atoms with Crippen LogP contribution in [0.1, 0.15) is 0 Å². The van der Waals surface area contributed by atoms with Crippen molar-refractivity contribution in [2.45, 2.75) is 12.6 Å². The van der Waals surface area contributed by atoms with Crippen LogP contribution in [-0.4, -0.2) is 60.4 Å². The molecule has 0 bridgehead atoms. The van der Waals surface area contributed by atoms with Crippen LogP contribution in [0.15, 0.2) is 24.8 Å². The first-order chi connectivity index (χ1) is 7.09. The third-order valence-corrected chi connectivity index (χ3v) is 2.92. The van der Waals surface area contributed by atoms with Crippen LogP contribution in [-0.2, 0) is 0 Å². The highest BCUT2D eigenvalue weighted by Crippen LogP contribution is 2.14. The zero-order chi connectivity index (χ0) is 11.0. The number of hydrogen-bond acceptors (Lipinski definition) is 5. The Kier molecular flexibility index (Phi) is 2.48. The minimum atomic E-state index is 0.222. The predicted octanol–water partition coefficient (Wildman–Crippen LogP) is -0.160. The van der Waals surface area contributed by atoms with Gasteiger partial charge in [0.1, 0.15) is 0 Å². The molecule has 0 spiro atoms. The maximum atomic E-state index is 3.56. The van der Waals surface area contributed by atoms with E-state index in [4.69, 9.17) is 0 Å². The predicted molar refractivity (Wildman–Crippen MR) is 60.0 cm³/mol. The summed E-state index contributed by atoms with van der Waals surface area (Å²) >= 11 is 0. The van der Waals surface area contributed by atoms with Gasteiger partial charge in [-0.05, 0) is 0 Å². The molecule has 5 heteroatoms. The average Bonchev–Trinajstić information content (AvgIpc) is 2.67. The molecule has 2 aliphatic heterocycles. The molecule has 5 nitrogen and oxygen atoms in total. The molecule has 0 atom stereocenters. The molecule has 0 unspecified atom stereocenters. The van der Waals surface area contributed by atoms with E-state index in [0.29, 0.717) is 0 Å². The fourth-order valence-electron chi connectivity index (χ4n) is 1.92. The fraction of sp³-hybridized carbons (Fsp3) is 0.600. The van der Waals surface area contributed by atoms with E-state index >= 15 is 0 Å². The number of nitrogens with one attached hydrogen (secondary N) is 1. The highest BCUT2D eigenvalue weighted by Gasteiger charge is 2.28. The molecule has 2 rings (SSSR count). The first-order valence-electron chi connectivity index (χ1n) is 5.10. The van der Waals surface area contributed by atoms with E-state index in [0.717, 1.165) is 0 Å². The van der Waals surface area contributed by atoms with Crippen molar-refractivity contribution in [3.63, 3.8) is 0 Å². The van der Waals surface area contributed by atoms with E-state index in [1.807, 2.05) is 0 Å². The van der Waals surface area contributed by atoms with Gasteiger partial charge in [0.2, 0.25) is 0 Å². The van der Waals surface area contributed by atoms with Gasteiger partial charge in [-0.25, -0.2) is 5.32 Å². The fourth-order valence-corrected chi connectivity index (χ4v) is 1.92. The van der Waals surface area contributed by atoms with Crippen molar-refractivity contribution in [2.24, 2.45) is 0 Å². The van der Waals surface area contributed by atoms with Gasteiger partial charge < -0.3 is 19.6 Å². The van der Waals surface area contributed by atoms with Crippen LogP contribution in [0.4, 0.5) is 0 Å². The minimum absolute atomic E-state index is 0.222. The van der Waals surface area contributed by atoms with Gasteiger partial charge in [-0.1, -0.05) is 0 Å². The number of hydrogen-bond donors (Lipinski definition) is 1. The summed E-state index contributed by atoms with van der Waals surface area (Å²) in [5.74, 6) is 0. The second-order valence-corrected chi connectivity index (χ2v) is 4.17. The van der Waals surface area contributed by atoms with Crippen LogP contribution in [0.25, 0.3) is 0 Å². The van der Waals surface area contributed by atoms with Crippen molar-refractivity contribution in [1.82, 2.24) is 24.9 Å². The largest absolute Gasteiger partial charge is 0.347 e. The zero-order valence-corrected chi connectivity index (χ0v) is 9.75. The lowest BCUT2D eigenvalue weighted by Gasteiger charge is -2.36. The Bertz CT molecular complexity index is 236. The minimum Gasteiger partial charge on any atom is -0.347 e. The van der Waals surface area contributed by atoms with Crippen molar-refractivity contribution in [1.29, 1.82) is 0 Å². The molecule has 2 aliphatic rings. The van der Waals surface area contributed by atoms with Gasteiger partial charge in [-0.15, -0.1) is 0 Å². The molecular formula is C10H19N5. The Hall–Kier alpha value is -1.36. The lowest BCUT2D eigenvalue weighted by molar-refractivity contribution is 0.0647. The molecule has 84 valence electrons. The highest BCUT2D eigenvalue weighted by molar-refractivity contribution is 4.97. The van der Waals surface area contributed by atoms with Crippen LogP contribution in [0.3, 0.4) is 0 Å². The summed E-state index contributed by atoms with van der Waals surface area (Å²) in [6.07, 6.45) is 8.72. The molecule has 0 aromatic rings. The van der Waals surface area contributed by atoms with E-state index in [-0.39, 0.29) is 12.6 Å². The summed E-state index contributed by atoms with van der Waals surface area (Å²) < 4.78 is 0. The van der Waals surface area contributed by atoms with Crippen molar-refractivity contribution in [3.8, 4) is 0 Å². The van der Waals surface area contributed by atoms with Crippen molar-refractivity contribution in [3.05, 3.63) is 24.8 Å². The van der Waals surface area contributed by atoms with Crippen molar-refractivity contribution < 1.29 is 0 Å². The summed E-state index contributed by atoms with van der Waals surface area (Å²) in [4.78, 5) is 8.61. The third-order valence-electron chi connectivity index (χ3n) is 2.92. The Labute approximate surface area is 91.2 Å². The highest BCUT2D eigenvalue weighted by atomic mass is 15.6. The average molecular weight is 209 g/mol. The third kappa shape index (κ3) is 1.74. The molecule has 0 amide bonds. The lowest BCUT2D eigenvalue weighted by Crippen LogP contribution is -2.57. The standard InChI is InChI=1S/C10H19N5/c1-12-5-6-13(2)9(12)11-10-14(3)7-8-15(10)4/h5-11H,1-4H3. The van der Waals surface area contributed by atoms with Crippen LogP contribution >= 0.6 is 0 Å². The van der Waals surface area contributed by atoms with Crippen LogP contribution in [0.5, 0.6) is 0 Å². The number of rotatable bonds is 2. The van der Waals surface area contributed by atoms with Crippen LogP contribution < -0.4 is 5.32 Å². The molecule has 0 saturated heterocycles. The Balaban J connectivity index is 1.97. The molecule has 15 heavy (non-hydrogen) atoms. The Morgan fingerprint density at radius 3 is 1.20 bits per heavy atom. The van der Waals surface area contributed by atoms with Gasteiger partial charge in [-0.3, -0.25) is 0 Å². The van der Waals surface area contributed by atoms with Gasteiger partial charge >= 0.3 is 0 Å². The normalized spacial score (nSPS) is 22.7. The maximum absolute atomic E-state index is 3.56. The molecule has 0 radical (unpaired) electrons. The molecule has 0 saturated carbocycles. The Morgan fingerprint density at radius 2 is 0.933 bits per heavy atom. The lowest BCUT2D eigenvalue weighted by atomic mass is 10.6. The summed E-state index contributed by atoms with van der Waals surface area (Å²) in [7, 11) is 8.28. The van der Waals surface area contributed by atoms with E-state index < -0.39 is 0 Å². The monoisotopic (exact) mass is 209 g/mol. The second-order valence-electron chi connectivity index (χ2n) is 4.17. The Morgan fingerprint density at radius 1 is 0.667 bits per heavy atom. The summed E-state index contributed by atoms with van der Waals surface area (Å²) in [5.41, 5.74) is 0. The van der Waals surface area contributed by atoms with E-state index in [2.05, 4.69) is 77.9 Å². The van der Waals surface area contributed by atoms with E-state index in [1.54, 1.807) is 0 Å². The van der Waals surface area contributed by atoms with Gasteiger partial charge in [0.25, 0.3) is 0 Å². The van der Waals surface area contributed by atoms with Crippen LogP contribution in [0, 0.1) is 0 Å². The molecule has 1 N–H and O–H groups in total. The maximum Gasteiger partial charge on any atom is 0.159 e. The molecule has 0 aromatic heterocycles. The van der Waals surface area contributed by atoms with E-state index in [1.165, 1.54) is 0 Å². The van der Waals surface area contributed by atoms with Gasteiger partial charge in [0, 0.05) is 53.0 Å². The van der Waals surface area contributed by atoms with Gasteiger partial charge in [0.05, 0.1) is 0 Å².